The van der Waals surface area contributed by atoms with Gasteiger partial charge < -0.3 is 5.32 Å². The van der Waals surface area contributed by atoms with Gasteiger partial charge in [0.25, 0.3) is 0 Å². The molecule has 1 aromatic carbocycles. The molecule has 78 valence electrons. The monoisotopic (exact) mass is 242 g/mol. The number of nitriles is 1. The average molecular weight is 243 g/mol. The van der Waals surface area contributed by atoms with Crippen molar-refractivity contribution in [1.29, 1.82) is 5.26 Å². The lowest BCUT2D eigenvalue weighted by Gasteiger charge is -2.12. The topological polar surface area (TPSA) is 52.9 Å². The van der Waals surface area contributed by atoms with Crippen LogP contribution in [0.2, 0.25) is 10.0 Å². The maximum absolute atomic E-state index is 10.8. The maximum atomic E-state index is 10.8. The average Bonchev–Trinajstić information content (AvgIpc) is 2.19. The maximum Gasteiger partial charge on any atom is 0.218 e. The van der Waals surface area contributed by atoms with Gasteiger partial charge in [0.2, 0.25) is 5.91 Å². The third-order valence-electron chi connectivity index (χ3n) is 1.77. The first-order valence-electron chi connectivity index (χ1n) is 4.17. The van der Waals surface area contributed by atoms with Gasteiger partial charge in [0.05, 0.1) is 16.1 Å². The summed E-state index contributed by atoms with van der Waals surface area (Å²) in [5, 5.41) is 12.0. The van der Waals surface area contributed by atoms with E-state index in [0.717, 1.165) is 0 Å². The Morgan fingerprint density at radius 1 is 1.53 bits per heavy atom. The smallest absolute Gasteiger partial charge is 0.218 e. The van der Waals surface area contributed by atoms with E-state index in [1.165, 1.54) is 6.92 Å². The quantitative estimate of drug-likeness (QED) is 0.868. The number of rotatable bonds is 2. The highest BCUT2D eigenvalue weighted by Gasteiger charge is 2.16. The fraction of sp³-hybridized carbons (Fsp3) is 0.200. The zero-order valence-corrected chi connectivity index (χ0v) is 9.43. The van der Waals surface area contributed by atoms with Gasteiger partial charge in [-0.25, -0.2) is 0 Å². The van der Waals surface area contributed by atoms with E-state index in [1.807, 2.05) is 6.07 Å². The van der Waals surface area contributed by atoms with Crippen LogP contribution in [-0.4, -0.2) is 5.91 Å². The highest BCUT2D eigenvalue weighted by molar-refractivity contribution is 6.42. The van der Waals surface area contributed by atoms with E-state index in [1.54, 1.807) is 18.2 Å². The van der Waals surface area contributed by atoms with Crippen LogP contribution in [-0.2, 0) is 4.79 Å². The van der Waals surface area contributed by atoms with Crippen molar-refractivity contribution in [2.24, 2.45) is 0 Å². The first kappa shape index (κ1) is 11.8. The molecule has 0 bridgehead atoms. The van der Waals surface area contributed by atoms with Gasteiger partial charge in [-0.15, -0.1) is 0 Å². The molecular weight excluding hydrogens is 235 g/mol. The van der Waals surface area contributed by atoms with Crippen molar-refractivity contribution in [2.45, 2.75) is 13.0 Å². The fourth-order valence-electron chi connectivity index (χ4n) is 1.13. The van der Waals surface area contributed by atoms with Crippen LogP contribution in [0.3, 0.4) is 0 Å². The largest absolute Gasteiger partial charge is 0.337 e. The van der Waals surface area contributed by atoms with Crippen LogP contribution in [0.1, 0.15) is 18.5 Å². The second-order valence-electron chi connectivity index (χ2n) is 2.91. The van der Waals surface area contributed by atoms with Gasteiger partial charge in [-0.05, 0) is 6.07 Å². The van der Waals surface area contributed by atoms with Crippen LogP contribution in [0, 0.1) is 11.3 Å². The van der Waals surface area contributed by atoms with Crippen molar-refractivity contribution >= 4 is 29.1 Å². The van der Waals surface area contributed by atoms with Crippen molar-refractivity contribution in [3.63, 3.8) is 0 Å². The normalized spacial score (nSPS) is 11.6. The molecule has 0 saturated carbocycles. The van der Waals surface area contributed by atoms with E-state index in [-0.39, 0.29) is 5.91 Å². The Balaban J connectivity index is 3.08. The molecule has 0 heterocycles. The molecule has 0 saturated heterocycles. The van der Waals surface area contributed by atoms with E-state index >= 15 is 0 Å². The third kappa shape index (κ3) is 2.85. The second-order valence-corrected chi connectivity index (χ2v) is 3.69. The van der Waals surface area contributed by atoms with Crippen LogP contribution in [0.5, 0.6) is 0 Å². The number of hydrogen-bond acceptors (Lipinski definition) is 2. The number of halogens is 2. The Morgan fingerprint density at radius 3 is 2.73 bits per heavy atom. The molecule has 1 rings (SSSR count). The van der Waals surface area contributed by atoms with Crippen molar-refractivity contribution < 1.29 is 4.79 Å². The number of benzene rings is 1. The molecule has 15 heavy (non-hydrogen) atoms. The lowest BCUT2D eigenvalue weighted by Crippen LogP contribution is -2.25. The first-order chi connectivity index (χ1) is 7.06. The fourth-order valence-corrected chi connectivity index (χ4v) is 1.54. The molecule has 0 aliphatic rings. The lowest BCUT2D eigenvalue weighted by molar-refractivity contribution is -0.119. The van der Waals surface area contributed by atoms with Crippen LogP contribution in [0.15, 0.2) is 18.2 Å². The number of carbonyl (C=O) groups is 1. The third-order valence-corrected chi connectivity index (χ3v) is 2.60. The molecule has 1 aromatic rings. The molecule has 1 N–H and O–H groups in total. The van der Waals surface area contributed by atoms with Gasteiger partial charge in [0.15, 0.2) is 0 Å². The van der Waals surface area contributed by atoms with Gasteiger partial charge >= 0.3 is 0 Å². The van der Waals surface area contributed by atoms with Gasteiger partial charge in [-0.2, -0.15) is 5.26 Å². The molecule has 3 nitrogen and oxygen atoms in total. The van der Waals surface area contributed by atoms with Gasteiger partial charge in [0, 0.05) is 12.5 Å². The van der Waals surface area contributed by atoms with Crippen molar-refractivity contribution in [1.82, 2.24) is 5.32 Å². The molecule has 0 fully saturated rings. The Labute approximate surface area is 97.6 Å². The molecule has 0 aromatic heterocycles. The van der Waals surface area contributed by atoms with E-state index in [2.05, 4.69) is 5.32 Å². The van der Waals surface area contributed by atoms with Crippen LogP contribution in [0.25, 0.3) is 0 Å². The highest BCUT2D eigenvalue weighted by Crippen LogP contribution is 2.29. The minimum atomic E-state index is -0.770. The Hall–Kier alpha value is -1.24. The molecule has 1 atom stereocenters. The minimum absolute atomic E-state index is 0.291. The van der Waals surface area contributed by atoms with Gasteiger partial charge in [-0.3, -0.25) is 4.79 Å². The summed E-state index contributed by atoms with van der Waals surface area (Å²) in [5.41, 5.74) is 0.502. The van der Waals surface area contributed by atoms with E-state index in [0.29, 0.717) is 15.6 Å². The minimum Gasteiger partial charge on any atom is -0.337 e. The number of nitrogens with one attached hydrogen (secondary N) is 1. The summed E-state index contributed by atoms with van der Waals surface area (Å²) < 4.78 is 0. The van der Waals surface area contributed by atoms with Gasteiger partial charge in [0.1, 0.15) is 6.04 Å². The summed E-state index contributed by atoms with van der Waals surface area (Å²) in [4.78, 5) is 10.8. The summed E-state index contributed by atoms with van der Waals surface area (Å²) >= 11 is 11.7. The summed E-state index contributed by atoms with van der Waals surface area (Å²) in [6.07, 6.45) is 0. The van der Waals surface area contributed by atoms with E-state index < -0.39 is 6.04 Å². The summed E-state index contributed by atoms with van der Waals surface area (Å²) in [6, 6.07) is 6.12. The van der Waals surface area contributed by atoms with Crippen molar-refractivity contribution in [2.75, 3.05) is 0 Å². The number of carbonyl (C=O) groups excluding carboxylic acids is 1. The first-order valence-corrected chi connectivity index (χ1v) is 4.92. The molecule has 1 unspecified atom stereocenters. The molecule has 0 spiro atoms. The number of amides is 1. The summed E-state index contributed by atoms with van der Waals surface area (Å²) in [7, 11) is 0. The van der Waals surface area contributed by atoms with Gasteiger partial charge in [-0.1, -0.05) is 35.3 Å². The zero-order chi connectivity index (χ0) is 11.4. The molecule has 0 aliphatic carbocycles. The summed E-state index contributed by atoms with van der Waals surface area (Å²) in [5.74, 6) is -0.294. The Morgan fingerprint density at radius 2 is 2.20 bits per heavy atom. The van der Waals surface area contributed by atoms with Crippen molar-refractivity contribution in [3.05, 3.63) is 33.8 Å². The zero-order valence-electron chi connectivity index (χ0n) is 7.92. The predicted molar refractivity (Wildman–Crippen MR) is 58.6 cm³/mol. The van der Waals surface area contributed by atoms with Crippen LogP contribution >= 0.6 is 23.2 Å². The van der Waals surface area contributed by atoms with E-state index in [4.69, 9.17) is 28.5 Å². The molecular formula is C10H8Cl2N2O. The summed E-state index contributed by atoms with van der Waals surface area (Å²) in [6.45, 7) is 1.34. The van der Waals surface area contributed by atoms with Crippen LogP contribution < -0.4 is 5.32 Å². The number of nitrogens with zero attached hydrogens (tertiary/aromatic N) is 1. The Bertz CT molecular complexity index is 426. The SMILES string of the molecule is CC(=O)NC(C#N)c1cccc(Cl)c1Cl. The molecule has 1 amide bonds. The van der Waals surface area contributed by atoms with Crippen molar-refractivity contribution in [3.8, 4) is 6.07 Å². The molecule has 0 radical (unpaired) electrons. The molecule has 5 heteroatoms. The Kier molecular flexibility index (Phi) is 3.96. The highest BCUT2D eigenvalue weighted by atomic mass is 35.5. The predicted octanol–water partition coefficient (Wildman–Crippen LogP) is 2.69. The standard InChI is InChI=1S/C10H8Cl2N2O/c1-6(15)14-9(5-13)7-3-2-4-8(11)10(7)12/h2-4,9H,1H3,(H,14,15). The van der Waals surface area contributed by atoms with Crippen LogP contribution in [0.4, 0.5) is 0 Å². The second kappa shape index (κ2) is 5.01. The van der Waals surface area contributed by atoms with E-state index in [9.17, 15) is 4.79 Å². The lowest BCUT2D eigenvalue weighted by atomic mass is 10.1. The molecule has 0 aliphatic heterocycles. The number of hydrogen-bond donors (Lipinski definition) is 1.